The van der Waals surface area contributed by atoms with Crippen molar-refractivity contribution in [3.05, 3.63) is 23.9 Å². The Morgan fingerprint density at radius 1 is 1.47 bits per heavy atom. The van der Waals surface area contributed by atoms with Crippen molar-refractivity contribution in [2.45, 2.75) is 44.6 Å². The number of fused-ring (bicyclic) bond motifs is 1. The van der Waals surface area contributed by atoms with Gasteiger partial charge in [-0.2, -0.15) is 0 Å². The molecule has 0 saturated heterocycles. The van der Waals surface area contributed by atoms with E-state index in [-0.39, 0.29) is 11.5 Å². The van der Waals surface area contributed by atoms with E-state index in [1.807, 2.05) is 17.4 Å². The Labute approximate surface area is 100 Å². The summed E-state index contributed by atoms with van der Waals surface area (Å²) in [6.45, 7) is 4.14. The van der Waals surface area contributed by atoms with E-state index in [0.29, 0.717) is 0 Å². The topological polar surface area (TPSA) is 69.1 Å². The van der Waals surface area contributed by atoms with Crippen LogP contribution in [0.4, 0.5) is 0 Å². The molecule has 5 heteroatoms. The lowest BCUT2D eigenvalue weighted by Crippen LogP contribution is -2.39. The fraction of sp³-hybridized carbons (Fsp3) is 0.583. The molecule has 17 heavy (non-hydrogen) atoms. The first-order valence-electron chi connectivity index (χ1n) is 6.05. The van der Waals surface area contributed by atoms with Crippen LogP contribution in [0.25, 0.3) is 5.65 Å². The van der Waals surface area contributed by atoms with Crippen molar-refractivity contribution >= 4 is 5.65 Å². The third-order valence-electron chi connectivity index (χ3n) is 3.98. The third-order valence-corrected chi connectivity index (χ3v) is 3.98. The Kier molecular flexibility index (Phi) is 2.19. The zero-order chi connectivity index (χ0) is 12.0. The highest BCUT2D eigenvalue weighted by Crippen LogP contribution is 2.38. The van der Waals surface area contributed by atoms with Crippen LogP contribution in [0.1, 0.15) is 37.7 Å². The van der Waals surface area contributed by atoms with E-state index in [9.17, 15) is 0 Å². The van der Waals surface area contributed by atoms with Gasteiger partial charge >= 0.3 is 0 Å². The van der Waals surface area contributed by atoms with Crippen LogP contribution in [0.15, 0.2) is 12.4 Å². The van der Waals surface area contributed by atoms with Crippen LogP contribution in [0.2, 0.25) is 0 Å². The molecule has 0 aromatic carbocycles. The second kappa shape index (κ2) is 3.50. The van der Waals surface area contributed by atoms with Crippen molar-refractivity contribution in [3.8, 4) is 0 Å². The van der Waals surface area contributed by atoms with Crippen LogP contribution in [0.3, 0.4) is 0 Å². The molecular formula is C12H17N5. The van der Waals surface area contributed by atoms with E-state index in [0.717, 1.165) is 36.4 Å². The highest BCUT2D eigenvalue weighted by molar-refractivity contribution is 5.39. The number of hydrogen-bond acceptors (Lipinski definition) is 4. The Balaban J connectivity index is 2.18. The van der Waals surface area contributed by atoms with Crippen LogP contribution >= 0.6 is 0 Å². The van der Waals surface area contributed by atoms with Gasteiger partial charge in [0.05, 0.1) is 0 Å². The van der Waals surface area contributed by atoms with Crippen LogP contribution < -0.4 is 5.73 Å². The molecule has 2 N–H and O–H groups in total. The number of aryl methyl sites for hydroxylation is 1. The molecule has 2 heterocycles. The Morgan fingerprint density at radius 3 is 3.00 bits per heavy atom. The number of rotatable bonds is 1. The van der Waals surface area contributed by atoms with Gasteiger partial charge in [0.2, 0.25) is 0 Å². The van der Waals surface area contributed by atoms with Gasteiger partial charge < -0.3 is 5.73 Å². The number of nitrogens with zero attached hydrogens (tertiary/aromatic N) is 4. The minimum atomic E-state index is -0.0731. The molecule has 0 radical (unpaired) electrons. The highest BCUT2D eigenvalue weighted by atomic mass is 15.3. The molecular weight excluding hydrogens is 214 g/mol. The van der Waals surface area contributed by atoms with Gasteiger partial charge in [0.15, 0.2) is 5.65 Å². The normalized spacial score (nSPS) is 29.0. The fourth-order valence-corrected chi connectivity index (χ4v) is 2.75. The maximum atomic E-state index is 6.22. The predicted octanol–water partition coefficient (Wildman–Crippen LogP) is 1.20. The monoisotopic (exact) mass is 231 g/mol. The predicted molar refractivity (Wildman–Crippen MR) is 64.7 cm³/mol. The molecule has 2 atom stereocenters. The van der Waals surface area contributed by atoms with E-state index in [4.69, 9.17) is 5.73 Å². The summed E-state index contributed by atoms with van der Waals surface area (Å²) in [6, 6.07) is 2.11. The minimum Gasteiger partial charge on any atom is -0.327 e. The van der Waals surface area contributed by atoms with Gasteiger partial charge in [-0.25, -0.2) is 4.98 Å². The van der Waals surface area contributed by atoms with Gasteiger partial charge in [-0.1, -0.05) is 13.3 Å². The summed E-state index contributed by atoms with van der Waals surface area (Å²) in [7, 11) is 0. The van der Waals surface area contributed by atoms with Crippen molar-refractivity contribution in [1.29, 1.82) is 0 Å². The van der Waals surface area contributed by atoms with Crippen LogP contribution in [0, 0.1) is 6.92 Å². The van der Waals surface area contributed by atoms with Crippen molar-refractivity contribution in [3.63, 3.8) is 0 Å². The average Bonchev–Trinajstić information content (AvgIpc) is 2.84. The van der Waals surface area contributed by atoms with Gasteiger partial charge in [-0.15, -0.1) is 10.2 Å². The summed E-state index contributed by atoms with van der Waals surface area (Å²) in [5.41, 5.74) is 7.96. The highest BCUT2D eigenvalue weighted by Gasteiger charge is 2.41. The zero-order valence-corrected chi connectivity index (χ0v) is 10.2. The molecule has 0 amide bonds. The number of hydrogen-bond donors (Lipinski definition) is 1. The summed E-state index contributed by atoms with van der Waals surface area (Å²) in [6.07, 6.45) is 5.09. The molecule has 1 saturated carbocycles. The van der Waals surface area contributed by atoms with Gasteiger partial charge in [0.1, 0.15) is 12.2 Å². The van der Waals surface area contributed by atoms with E-state index in [1.54, 1.807) is 6.33 Å². The first-order chi connectivity index (χ1) is 8.11. The molecule has 2 aromatic heterocycles. The molecule has 1 aliphatic carbocycles. The maximum Gasteiger partial charge on any atom is 0.163 e. The largest absolute Gasteiger partial charge is 0.327 e. The lowest BCUT2D eigenvalue weighted by Gasteiger charge is -2.26. The molecule has 2 unspecified atom stereocenters. The average molecular weight is 231 g/mol. The Bertz CT molecular complexity index is 561. The summed E-state index contributed by atoms with van der Waals surface area (Å²) < 4.78 is 1.97. The Morgan fingerprint density at radius 2 is 2.29 bits per heavy atom. The molecule has 5 nitrogen and oxygen atoms in total. The molecule has 1 fully saturated rings. The summed E-state index contributed by atoms with van der Waals surface area (Å²) >= 11 is 0. The second-order valence-corrected chi connectivity index (χ2v) is 5.20. The van der Waals surface area contributed by atoms with E-state index < -0.39 is 0 Å². The SMILES string of the molecule is Cc1cc2nnc(C3(C)CCCC3N)n2cn1. The summed E-state index contributed by atoms with van der Waals surface area (Å²) in [5.74, 6) is 0.949. The number of nitrogens with two attached hydrogens (primary N) is 1. The van der Waals surface area contributed by atoms with E-state index >= 15 is 0 Å². The van der Waals surface area contributed by atoms with Crippen molar-refractivity contribution < 1.29 is 0 Å². The molecule has 3 rings (SSSR count). The summed E-state index contributed by atoms with van der Waals surface area (Å²) in [4.78, 5) is 4.31. The first-order valence-corrected chi connectivity index (χ1v) is 6.05. The first kappa shape index (κ1) is 10.7. The summed E-state index contributed by atoms with van der Waals surface area (Å²) in [5, 5.41) is 8.55. The van der Waals surface area contributed by atoms with Crippen molar-refractivity contribution in [2.24, 2.45) is 5.73 Å². The zero-order valence-electron chi connectivity index (χ0n) is 10.2. The molecule has 0 bridgehead atoms. The lowest BCUT2D eigenvalue weighted by atomic mass is 9.84. The third kappa shape index (κ3) is 1.45. The number of aromatic nitrogens is 4. The smallest absolute Gasteiger partial charge is 0.163 e. The van der Waals surface area contributed by atoms with Crippen LogP contribution in [-0.4, -0.2) is 25.6 Å². The molecule has 0 spiro atoms. The van der Waals surface area contributed by atoms with Crippen molar-refractivity contribution in [1.82, 2.24) is 19.6 Å². The standard InChI is InChI=1S/C12H17N5/c1-8-6-10-15-16-11(17(10)7-14-8)12(2)5-3-4-9(12)13/h6-7,9H,3-5,13H2,1-2H3. The maximum absolute atomic E-state index is 6.22. The van der Waals surface area contributed by atoms with Gasteiger partial charge in [-0.3, -0.25) is 4.40 Å². The molecule has 1 aliphatic rings. The van der Waals surface area contributed by atoms with Crippen LogP contribution in [-0.2, 0) is 5.41 Å². The van der Waals surface area contributed by atoms with E-state index in [2.05, 4.69) is 22.1 Å². The molecule has 90 valence electrons. The minimum absolute atomic E-state index is 0.0731. The lowest BCUT2D eigenvalue weighted by molar-refractivity contribution is 0.400. The van der Waals surface area contributed by atoms with Gasteiger partial charge in [-0.05, 0) is 19.8 Å². The second-order valence-electron chi connectivity index (χ2n) is 5.20. The van der Waals surface area contributed by atoms with Crippen LogP contribution in [0.5, 0.6) is 0 Å². The molecule has 2 aromatic rings. The van der Waals surface area contributed by atoms with Gasteiger partial charge in [0, 0.05) is 23.2 Å². The molecule has 0 aliphatic heterocycles. The fourth-order valence-electron chi connectivity index (χ4n) is 2.75. The van der Waals surface area contributed by atoms with Gasteiger partial charge in [0.25, 0.3) is 0 Å². The van der Waals surface area contributed by atoms with Crippen molar-refractivity contribution in [2.75, 3.05) is 0 Å². The quantitative estimate of drug-likeness (QED) is 0.800. The Hall–Kier alpha value is -1.49. The van der Waals surface area contributed by atoms with E-state index in [1.165, 1.54) is 0 Å².